The second-order valence-corrected chi connectivity index (χ2v) is 6.67. The molecule has 0 atom stereocenters. The molecule has 2 amide bonds. The van der Waals surface area contributed by atoms with Gasteiger partial charge in [-0.2, -0.15) is 17.5 Å². The molecule has 2 heterocycles. The molecule has 3 aromatic rings. The number of rotatable bonds is 5. The van der Waals surface area contributed by atoms with Crippen LogP contribution >= 0.6 is 11.5 Å². The Kier molecular flexibility index (Phi) is 5.64. The fourth-order valence-corrected chi connectivity index (χ4v) is 3.16. The molecule has 0 spiro atoms. The minimum absolute atomic E-state index is 0.0292. The van der Waals surface area contributed by atoms with Gasteiger partial charge in [0.1, 0.15) is 16.6 Å². The van der Waals surface area contributed by atoms with Crippen LogP contribution in [0.3, 0.4) is 0 Å². The summed E-state index contributed by atoms with van der Waals surface area (Å²) in [6.45, 7) is 1.55. The Morgan fingerprint density at radius 3 is 2.50 bits per heavy atom. The summed E-state index contributed by atoms with van der Waals surface area (Å²) in [7, 11) is 0. The van der Waals surface area contributed by atoms with Crippen LogP contribution < -0.4 is 16.4 Å². The van der Waals surface area contributed by atoms with E-state index in [2.05, 4.69) is 25.0 Å². The summed E-state index contributed by atoms with van der Waals surface area (Å²) in [5.41, 5.74) is 4.06. The molecule has 4 N–H and O–H groups in total. The lowest BCUT2D eigenvalue weighted by Gasteiger charge is -2.10. The highest BCUT2D eigenvalue weighted by molar-refractivity contribution is 7.10. The fourth-order valence-electron chi connectivity index (χ4n) is 2.36. The number of hydrogen-bond acceptors (Lipinski definition) is 7. The Labute approximate surface area is 170 Å². The Morgan fingerprint density at radius 1 is 1.17 bits per heavy atom. The Balaban J connectivity index is 1.83. The number of nitrogens with two attached hydrogens (primary N) is 1. The van der Waals surface area contributed by atoms with Gasteiger partial charge in [-0.3, -0.25) is 9.59 Å². The SMILES string of the molecule is Cc1nsc(Nc2cnc(C(F)(F)F)cn2)c1C(=O)Nc1ccc(F)c(C(N)=O)c1. The van der Waals surface area contributed by atoms with Crippen LogP contribution in [0.4, 0.5) is 34.1 Å². The van der Waals surface area contributed by atoms with Crippen molar-refractivity contribution in [3.05, 3.63) is 58.9 Å². The number of aromatic nitrogens is 3. The Bertz CT molecular complexity index is 1110. The topological polar surface area (TPSA) is 123 Å². The van der Waals surface area contributed by atoms with Gasteiger partial charge in [0.25, 0.3) is 11.8 Å². The third-order valence-corrected chi connectivity index (χ3v) is 4.62. The van der Waals surface area contributed by atoms with Gasteiger partial charge in [0, 0.05) is 5.69 Å². The molecule has 0 aliphatic rings. The van der Waals surface area contributed by atoms with Crippen LogP contribution in [-0.2, 0) is 6.18 Å². The molecule has 30 heavy (non-hydrogen) atoms. The maximum atomic E-state index is 13.6. The van der Waals surface area contributed by atoms with E-state index in [0.29, 0.717) is 11.9 Å². The second-order valence-electron chi connectivity index (χ2n) is 5.89. The van der Waals surface area contributed by atoms with E-state index in [9.17, 15) is 27.2 Å². The highest BCUT2D eigenvalue weighted by Crippen LogP contribution is 2.30. The average Bonchev–Trinajstić information content (AvgIpc) is 3.03. The van der Waals surface area contributed by atoms with Crippen molar-refractivity contribution in [3.8, 4) is 0 Å². The number of carbonyl (C=O) groups excluding carboxylic acids is 2. The number of benzene rings is 1. The smallest absolute Gasteiger partial charge is 0.366 e. The van der Waals surface area contributed by atoms with Crippen LogP contribution in [0.1, 0.15) is 32.1 Å². The van der Waals surface area contributed by atoms with E-state index in [4.69, 9.17) is 5.73 Å². The van der Waals surface area contributed by atoms with Gasteiger partial charge < -0.3 is 16.4 Å². The number of nitrogens with zero attached hydrogens (tertiary/aromatic N) is 3. The molecule has 0 radical (unpaired) electrons. The lowest BCUT2D eigenvalue weighted by molar-refractivity contribution is -0.141. The van der Waals surface area contributed by atoms with Crippen molar-refractivity contribution in [1.29, 1.82) is 0 Å². The molecule has 13 heteroatoms. The monoisotopic (exact) mass is 440 g/mol. The summed E-state index contributed by atoms with van der Waals surface area (Å²) >= 11 is 0.884. The average molecular weight is 440 g/mol. The normalized spacial score (nSPS) is 11.2. The molecule has 0 fully saturated rings. The lowest BCUT2D eigenvalue weighted by Crippen LogP contribution is -2.17. The molecule has 8 nitrogen and oxygen atoms in total. The minimum atomic E-state index is -4.63. The molecule has 0 aliphatic heterocycles. The number of carbonyl (C=O) groups is 2. The Morgan fingerprint density at radius 2 is 1.90 bits per heavy atom. The summed E-state index contributed by atoms with van der Waals surface area (Å²) in [5.74, 6) is -2.51. The van der Waals surface area contributed by atoms with Crippen molar-refractivity contribution >= 4 is 39.9 Å². The van der Waals surface area contributed by atoms with E-state index in [-0.39, 0.29) is 22.1 Å². The molecular formula is C17H12F4N6O2S. The van der Waals surface area contributed by atoms with E-state index in [1.54, 1.807) is 6.92 Å². The van der Waals surface area contributed by atoms with E-state index >= 15 is 0 Å². The number of hydrogen-bond donors (Lipinski definition) is 3. The zero-order valence-corrected chi connectivity index (χ0v) is 15.9. The zero-order valence-electron chi connectivity index (χ0n) is 15.0. The maximum absolute atomic E-state index is 13.6. The number of amides is 2. The molecule has 2 aromatic heterocycles. The number of halogens is 4. The minimum Gasteiger partial charge on any atom is -0.366 e. The largest absolute Gasteiger partial charge is 0.434 e. The summed E-state index contributed by atoms with van der Waals surface area (Å²) in [5, 5.41) is 5.39. The number of nitrogens with one attached hydrogen (secondary N) is 2. The van der Waals surface area contributed by atoms with Gasteiger partial charge >= 0.3 is 6.18 Å². The lowest BCUT2D eigenvalue weighted by atomic mass is 10.1. The maximum Gasteiger partial charge on any atom is 0.434 e. The van der Waals surface area contributed by atoms with Crippen LogP contribution in [0.2, 0.25) is 0 Å². The molecular weight excluding hydrogens is 428 g/mol. The van der Waals surface area contributed by atoms with Crippen molar-refractivity contribution in [3.63, 3.8) is 0 Å². The van der Waals surface area contributed by atoms with Crippen molar-refractivity contribution < 1.29 is 27.2 Å². The van der Waals surface area contributed by atoms with Gasteiger partial charge in [-0.15, -0.1) is 0 Å². The predicted molar refractivity (Wildman–Crippen MR) is 100 cm³/mol. The number of primary amides is 1. The number of aryl methyl sites for hydroxylation is 1. The van der Waals surface area contributed by atoms with Gasteiger partial charge in [-0.05, 0) is 36.7 Å². The van der Waals surface area contributed by atoms with E-state index in [1.807, 2.05) is 0 Å². The Hall–Kier alpha value is -3.61. The van der Waals surface area contributed by atoms with Gasteiger partial charge in [0.15, 0.2) is 5.69 Å². The summed E-state index contributed by atoms with van der Waals surface area (Å²) in [6.07, 6.45) is -3.20. The molecule has 0 unspecified atom stereocenters. The molecule has 0 saturated carbocycles. The molecule has 156 valence electrons. The first-order chi connectivity index (χ1) is 14.1. The third-order valence-electron chi connectivity index (χ3n) is 3.76. The summed E-state index contributed by atoms with van der Waals surface area (Å²) < 4.78 is 55.4. The van der Waals surface area contributed by atoms with Crippen LogP contribution in [-0.4, -0.2) is 26.2 Å². The first-order valence-electron chi connectivity index (χ1n) is 8.09. The van der Waals surface area contributed by atoms with Crippen LogP contribution in [0.15, 0.2) is 30.6 Å². The summed E-state index contributed by atoms with van der Waals surface area (Å²) in [4.78, 5) is 30.9. The van der Waals surface area contributed by atoms with Gasteiger partial charge in [-0.1, -0.05) is 0 Å². The number of anilines is 3. The standard InChI is InChI=1S/C17H12F4N6O2S/c1-7-13(15(29)25-8-2-3-10(18)9(4-8)14(22)28)16(30-27-7)26-12-6-23-11(5-24-12)17(19,20)21/h2-6H,1H3,(H2,22,28)(H,24,26)(H,25,29). The van der Waals surface area contributed by atoms with E-state index < -0.39 is 35.1 Å². The quantitative estimate of drug-likeness (QED) is 0.522. The summed E-state index contributed by atoms with van der Waals surface area (Å²) in [6, 6.07) is 3.30. The first kappa shape index (κ1) is 21.1. The third kappa shape index (κ3) is 4.51. The first-order valence-corrected chi connectivity index (χ1v) is 8.87. The van der Waals surface area contributed by atoms with Crippen LogP contribution in [0, 0.1) is 12.7 Å². The van der Waals surface area contributed by atoms with Crippen LogP contribution in [0.5, 0.6) is 0 Å². The molecule has 1 aromatic carbocycles. The number of alkyl halides is 3. The molecule has 0 saturated heterocycles. The van der Waals surface area contributed by atoms with Gasteiger partial charge in [-0.25, -0.2) is 14.4 Å². The highest BCUT2D eigenvalue weighted by Gasteiger charge is 2.32. The van der Waals surface area contributed by atoms with Gasteiger partial charge in [0.2, 0.25) is 0 Å². The highest BCUT2D eigenvalue weighted by atomic mass is 32.1. The predicted octanol–water partition coefficient (Wildman–Crippen LogP) is 3.49. The van der Waals surface area contributed by atoms with Crippen molar-refractivity contribution in [2.75, 3.05) is 10.6 Å². The van der Waals surface area contributed by atoms with Gasteiger partial charge in [0.05, 0.1) is 29.2 Å². The van der Waals surface area contributed by atoms with Crippen molar-refractivity contribution in [2.45, 2.75) is 13.1 Å². The van der Waals surface area contributed by atoms with E-state index in [0.717, 1.165) is 29.9 Å². The zero-order chi connectivity index (χ0) is 22.1. The molecule has 0 bridgehead atoms. The molecule has 3 rings (SSSR count). The van der Waals surface area contributed by atoms with Crippen LogP contribution in [0.25, 0.3) is 0 Å². The van der Waals surface area contributed by atoms with Crippen molar-refractivity contribution in [1.82, 2.24) is 14.3 Å². The molecule has 0 aliphatic carbocycles. The fraction of sp³-hybridized carbons (Fsp3) is 0.118. The second kappa shape index (κ2) is 8.02. The van der Waals surface area contributed by atoms with E-state index in [1.165, 1.54) is 6.07 Å². The van der Waals surface area contributed by atoms with Crippen molar-refractivity contribution in [2.24, 2.45) is 5.73 Å².